The summed E-state index contributed by atoms with van der Waals surface area (Å²) in [5.74, 6) is 9.98. The number of allylic oxidation sites excluding steroid dienone is 1. The fraction of sp³-hybridized carbons (Fsp3) is 0.200. The lowest BCUT2D eigenvalue weighted by Crippen LogP contribution is -2.53. The minimum absolute atomic E-state index is 0.0461. The van der Waals surface area contributed by atoms with Crippen LogP contribution < -0.4 is 15.3 Å². The van der Waals surface area contributed by atoms with Gasteiger partial charge in [0.25, 0.3) is 5.84 Å². The molecule has 0 aliphatic carbocycles. The number of hydrogen-bond acceptors (Lipinski definition) is 7. The third-order valence-electron chi connectivity index (χ3n) is 6.79. The molecule has 3 aromatic rings. The number of nitrogens with two attached hydrogens (primary N) is 1. The second kappa shape index (κ2) is 10.7. The smallest absolute Gasteiger partial charge is 0.265 e. The van der Waals surface area contributed by atoms with Crippen LogP contribution in [0.3, 0.4) is 0 Å². The normalized spacial score (nSPS) is 20.8. The van der Waals surface area contributed by atoms with Crippen molar-refractivity contribution in [1.82, 2.24) is 4.90 Å². The Hall–Kier alpha value is -4.08. The van der Waals surface area contributed by atoms with Crippen LogP contribution in [-0.2, 0) is 4.74 Å². The maximum absolute atomic E-state index is 6.90. The number of amidine groups is 1. The van der Waals surface area contributed by atoms with E-state index in [4.69, 9.17) is 25.0 Å². The van der Waals surface area contributed by atoms with Gasteiger partial charge in [-0.1, -0.05) is 18.2 Å². The third kappa shape index (κ3) is 5.03. The molecule has 0 amide bonds. The Morgan fingerprint density at radius 2 is 1.53 bits per heavy atom. The number of benzene rings is 3. The molecule has 2 N–H and O–H groups in total. The van der Waals surface area contributed by atoms with Crippen LogP contribution in [0.15, 0.2) is 107 Å². The van der Waals surface area contributed by atoms with Gasteiger partial charge in [0, 0.05) is 25.2 Å². The molecule has 1 saturated heterocycles. The van der Waals surface area contributed by atoms with E-state index in [1.54, 1.807) is 12.4 Å². The van der Waals surface area contributed by atoms with Gasteiger partial charge in [-0.15, -0.1) is 4.59 Å². The highest BCUT2D eigenvalue weighted by Gasteiger charge is 2.44. The highest BCUT2D eigenvalue weighted by Crippen LogP contribution is 2.36. The molecule has 0 spiro atoms. The van der Waals surface area contributed by atoms with Crippen molar-refractivity contribution in [3.8, 4) is 17.2 Å². The van der Waals surface area contributed by atoms with E-state index in [-0.39, 0.29) is 4.59 Å². The van der Waals surface area contributed by atoms with Gasteiger partial charge in [-0.2, -0.15) is 10.8 Å². The molecular weight excluding hydrogens is 478 g/mol. The Labute approximate surface area is 222 Å². The summed E-state index contributed by atoms with van der Waals surface area (Å²) in [6.07, 6.45) is 5.34. The summed E-state index contributed by atoms with van der Waals surface area (Å²) in [4.78, 5) is 11.7. The monoisotopic (exact) mass is 508 g/mol. The fourth-order valence-corrected chi connectivity index (χ4v) is 4.71. The van der Waals surface area contributed by atoms with Crippen LogP contribution in [-0.4, -0.2) is 61.0 Å². The Kier molecular flexibility index (Phi) is 6.85. The van der Waals surface area contributed by atoms with Gasteiger partial charge in [-0.25, -0.2) is 0 Å². The van der Waals surface area contributed by atoms with Crippen LogP contribution in [0.5, 0.6) is 17.2 Å². The first-order valence-electron chi connectivity index (χ1n) is 12.8. The van der Waals surface area contributed by atoms with Crippen LogP contribution in [0.4, 0.5) is 0 Å². The molecule has 38 heavy (non-hydrogen) atoms. The Morgan fingerprint density at radius 3 is 2.29 bits per heavy atom. The SMILES string of the molecule is N[N+]12C=CN=CC1=C(c1ccc(OCCN3CCOCC3)cc1)N=C2c1ccc(Oc2ccccc2)cc1. The molecule has 192 valence electrons. The van der Waals surface area contributed by atoms with E-state index >= 15 is 0 Å². The molecule has 8 nitrogen and oxygen atoms in total. The van der Waals surface area contributed by atoms with Crippen molar-refractivity contribution in [3.05, 3.63) is 108 Å². The number of morpholine rings is 1. The highest BCUT2D eigenvalue weighted by atomic mass is 16.5. The van der Waals surface area contributed by atoms with Crippen LogP contribution >= 0.6 is 0 Å². The molecule has 8 heteroatoms. The van der Waals surface area contributed by atoms with Gasteiger partial charge in [0.05, 0.1) is 31.2 Å². The first-order valence-corrected chi connectivity index (χ1v) is 12.8. The minimum Gasteiger partial charge on any atom is -0.492 e. The first-order chi connectivity index (χ1) is 18.7. The maximum atomic E-state index is 6.90. The molecule has 1 atom stereocenters. The van der Waals surface area contributed by atoms with Crippen molar-refractivity contribution in [2.75, 3.05) is 39.5 Å². The first kappa shape index (κ1) is 24.3. The second-order valence-corrected chi connectivity index (χ2v) is 9.29. The molecular formula is C30H30N5O3+. The zero-order valence-electron chi connectivity index (χ0n) is 21.1. The van der Waals surface area contributed by atoms with Gasteiger partial charge in [0.15, 0.2) is 0 Å². The quantitative estimate of drug-likeness (QED) is 0.356. The molecule has 6 rings (SSSR count). The van der Waals surface area contributed by atoms with Crippen LogP contribution in [0.1, 0.15) is 11.1 Å². The minimum atomic E-state index is -0.0461. The molecule has 0 saturated carbocycles. The van der Waals surface area contributed by atoms with Gasteiger partial charge in [-0.05, 0) is 60.7 Å². The van der Waals surface area contributed by atoms with E-state index in [1.807, 2.05) is 85.1 Å². The van der Waals surface area contributed by atoms with E-state index in [9.17, 15) is 0 Å². The predicted octanol–water partition coefficient (Wildman–Crippen LogP) is 4.57. The molecule has 0 radical (unpaired) electrons. The number of aliphatic imine (C=N–C) groups is 2. The summed E-state index contributed by atoms with van der Waals surface area (Å²) in [6, 6.07) is 25.5. The zero-order valence-corrected chi connectivity index (χ0v) is 21.1. The predicted molar refractivity (Wildman–Crippen MR) is 148 cm³/mol. The lowest BCUT2D eigenvalue weighted by atomic mass is 10.1. The lowest BCUT2D eigenvalue weighted by molar-refractivity contribution is -0.749. The van der Waals surface area contributed by atoms with Crippen LogP contribution in [0.2, 0.25) is 0 Å². The van der Waals surface area contributed by atoms with E-state index in [0.29, 0.717) is 6.61 Å². The van der Waals surface area contributed by atoms with Crippen LogP contribution in [0, 0.1) is 0 Å². The summed E-state index contributed by atoms with van der Waals surface area (Å²) in [6.45, 7) is 5.02. The van der Waals surface area contributed by atoms with Gasteiger partial charge in [0.2, 0.25) is 5.70 Å². The number of hydrogen-bond donors (Lipinski definition) is 1. The van der Waals surface area contributed by atoms with Gasteiger partial charge in [0.1, 0.15) is 35.8 Å². The van der Waals surface area contributed by atoms with Crippen molar-refractivity contribution in [2.45, 2.75) is 0 Å². The van der Waals surface area contributed by atoms with Crippen molar-refractivity contribution in [1.29, 1.82) is 0 Å². The Balaban J connectivity index is 1.19. The summed E-state index contributed by atoms with van der Waals surface area (Å²) in [5, 5.41) is 0. The van der Waals surface area contributed by atoms with E-state index in [1.165, 1.54) is 0 Å². The summed E-state index contributed by atoms with van der Waals surface area (Å²) in [5.41, 5.74) is 3.46. The van der Waals surface area contributed by atoms with Crippen molar-refractivity contribution < 1.29 is 18.8 Å². The number of ether oxygens (including phenoxy) is 3. The molecule has 3 aromatic carbocycles. The highest BCUT2D eigenvalue weighted by molar-refractivity contribution is 6.06. The summed E-state index contributed by atoms with van der Waals surface area (Å²) >= 11 is 0. The van der Waals surface area contributed by atoms with Crippen molar-refractivity contribution in [2.24, 2.45) is 15.8 Å². The number of fused-ring (bicyclic) bond motifs is 1. The molecule has 3 heterocycles. The number of para-hydroxylation sites is 1. The van der Waals surface area contributed by atoms with Crippen molar-refractivity contribution in [3.63, 3.8) is 0 Å². The second-order valence-electron chi connectivity index (χ2n) is 9.29. The summed E-state index contributed by atoms with van der Waals surface area (Å²) in [7, 11) is 0. The average Bonchev–Trinajstić information content (AvgIpc) is 3.28. The number of quaternary nitrogens is 1. The van der Waals surface area contributed by atoms with Gasteiger partial charge < -0.3 is 14.2 Å². The number of rotatable bonds is 8. The Bertz CT molecular complexity index is 1390. The van der Waals surface area contributed by atoms with E-state index in [2.05, 4.69) is 9.89 Å². The third-order valence-corrected chi connectivity index (χ3v) is 6.79. The number of nitrogens with zero attached hydrogens (tertiary/aromatic N) is 4. The standard InChI is InChI=1S/C30H30N5O3/c31-35-18-14-32-22-28(35)29(23-6-10-25(11-7-23)37-21-17-34-15-19-36-20-16-34)33-30(35)24-8-12-27(13-9-24)38-26-4-2-1-3-5-26/h1-14,18,22H,15-17,19-21,31H2/q+1. The molecule has 3 aliphatic heterocycles. The average molecular weight is 509 g/mol. The van der Waals surface area contributed by atoms with Crippen LogP contribution in [0.25, 0.3) is 5.70 Å². The molecule has 0 aromatic heterocycles. The lowest BCUT2D eigenvalue weighted by Gasteiger charge is -2.26. The molecule has 1 fully saturated rings. The zero-order chi connectivity index (χ0) is 25.8. The molecule has 0 bridgehead atoms. The molecule has 3 aliphatic rings. The molecule has 1 unspecified atom stereocenters. The van der Waals surface area contributed by atoms with E-state index < -0.39 is 0 Å². The van der Waals surface area contributed by atoms with Gasteiger partial charge in [-0.3, -0.25) is 9.89 Å². The van der Waals surface area contributed by atoms with Crippen molar-refractivity contribution >= 4 is 17.7 Å². The fourth-order valence-electron chi connectivity index (χ4n) is 4.71. The summed E-state index contributed by atoms with van der Waals surface area (Å²) < 4.78 is 17.3. The Morgan fingerprint density at radius 1 is 0.842 bits per heavy atom. The largest absolute Gasteiger partial charge is 0.492 e. The maximum Gasteiger partial charge on any atom is 0.265 e. The van der Waals surface area contributed by atoms with E-state index in [0.717, 1.165) is 78.5 Å². The topological polar surface area (TPSA) is 81.7 Å². The van der Waals surface area contributed by atoms with Gasteiger partial charge >= 0.3 is 0 Å².